The maximum Gasteiger partial charge on any atom is 0.254 e. The number of carbonyl (C=O) groups is 1. The number of halogens is 2. The van der Waals surface area contributed by atoms with Gasteiger partial charge in [-0.25, -0.2) is 4.39 Å². The number of rotatable bonds is 9. The van der Waals surface area contributed by atoms with Crippen LogP contribution in [0.3, 0.4) is 0 Å². The van der Waals surface area contributed by atoms with Crippen LogP contribution in [0.15, 0.2) is 66.9 Å². The van der Waals surface area contributed by atoms with Crippen LogP contribution in [0.1, 0.15) is 28.0 Å². The largest absolute Gasteiger partial charge is 0.385 e. The molecule has 0 spiro atoms. The third kappa shape index (κ3) is 5.92. The van der Waals surface area contributed by atoms with Gasteiger partial charge >= 0.3 is 0 Å². The second-order valence-corrected chi connectivity index (χ2v) is 7.28. The Balaban J connectivity index is 1.79. The third-order valence-corrected chi connectivity index (χ3v) is 4.89. The molecule has 1 aromatic heterocycles. The lowest BCUT2D eigenvalue weighted by molar-refractivity contribution is 0.0720. The van der Waals surface area contributed by atoms with E-state index in [1.54, 1.807) is 42.3 Å². The Hall–Kier alpha value is -2.63. The number of amides is 1. The van der Waals surface area contributed by atoms with Gasteiger partial charge < -0.3 is 14.2 Å². The lowest BCUT2D eigenvalue weighted by Gasteiger charge is -2.24. The summed E-state index contributed by atoms with van der Waals surface area (Å²) in [5.74, 6) is -0.337. The molecule has 0 saturated heterocycles. The quantitative estimate of drug-likeness (QED) is 0.461. The zero-order valence-electron chi connectivity index (χ0n) is 16.4. The first kappa shape index (κ1) is 21.1. The molecule has 0 fully saturated rings. The van der Waals surface area contributed by atoms with Crippen LogP contribution < -0.4 is 0 Å². The van der Waals surface area contributed by atoms with E-state index < -0.39 is 0 Å². The van der Waals surface area contributed by atoms with Crippen molar-refractivity contribution in [3.8, 4) is 0 Å². The van der Waals surface area contributed by atoms with E-state index in [9.17, 15) is 9.18 Å². The Morgan fingerprint density at radius 3 is 2.72 bits per heavy atom. The van der Waals surface area contributed by atoms with Gasteiger partial charge in [-0.2, -0.15) is 0 Å². The molecule has 0 aliphatic carbocycles. The van der Waals surface area contributed by atoms with Crippen LogP contribution in [0, 0.1) is 5.82 Å². The number of hydrogen-bond donors (Lipinski definition) is 0. The molecule has 0 N–H and O–H groups in total. The van der Waals surface area contributed by atoms with Crippen molar-refractivity contribution in [3.63, 3.8) is 0 Å². The number of ether oxygens (including phenoxy) is 1. The first-order valence-corrected chi connectivity index (χ1v) is 9.87. The van der Waals surface area contributed by atoms with Crippen molar-refractivity contribution in [2.24, 2.45) is 0 Å². The van der Waals surface area contributed by atoms with Gasteiger partial charge in [-0.3, -0.25) is 4.79 Å². The van der Waals surface area contributed by atoms with E-state index in [0.29, 0.717) is 36.8 Å². The molecule has 2 aromatic carbocycles. The summed E-state index contributed by atoms with van der Waals surface area (Å²) < 4.78 is 20.7. The minimum absolute atomic E-state index is 0.0814. The number of nitrogens with zero attached hydrogens (tertiary/aromatic N) is 2. The Kier molecular flexibility index (Phi) is 7.44. The highest BCUT2D eigenvalue weighted by atomic mass is 35.5. The van der Waals surface area contributed by atoms with Gasteiger partial charge in [-0.15, -0.1) is 0 Å². The molecule has 29 heavy (non-hydrogen) atoms. The molecule has 0 aliphatic heterocycles. The van der Waals surface area contributed by atoms with Crippen molar-refractivity contribution in [1.29, 1.82) is 0 Å². The fourth-order valence-electron chi connectivity index (χ4n) is 3.23. The third-order valence-electron chi connectivity index (χ3n) is 4.65. The van der Waals surface area contributed by atoms with Gasteiger partial charge in [0.15, 0.2) is 0 Å². The smallest absolute Gasteiger partial charge is 0.254 e. The Morgan fingerprint density at radius 2 is 1.97 bits per heavy atom. The second-order valence-electron chi connectivity index (χ2n) is 6.84. The summed E-state index contributed by atoms with van der Waals surface area (Å²) in [5, 5.41) is 0.530. The Morgan fingerprint density at radius 1 is 1.14 bits per heavy atom. The maximum absolute atomic E-state index is 13.5. The molecule has 1 amide bonds. The van der Waals surface area contributed by atoms with Gasteiger partial charge in [-0.05, 0) is 54.4 Å². The van der Waals surface area contributed by atoms with Crippen LogP contribution in [0.4, 0.5) is 4.39 Å². The zero-order valence-corrected chi connectivity index (χ0v) is 17.1. The standard InChI is InChI=1S/C23H24ClFN2O2/c1-29-13-5-12-27(23(28)19-7-3-8-20(24)15-19)17-22-10-4-11-26(22)16-18-6-2-9-21(25)14-18/h2-4,6-11,14-15H,5,12-13,16-17H2,1H3. The summed E-state index contributed by atoms with van der Waals surface area (Å²) in [4.78, 5) is 14.9. The highest BCUT2D eigenvalue weighted by molar-refractivity contribution is 6.30. The number of carbonyl (C=O) groups excluding carboxylic acids is 1. The maximum atomic E-state index is 13.5. The molecule has 3 rings (SSSR count). The molecule has 3 aromatic rings. The van der Waals surface area contributed by atoms with E-state index in [1.807, 2.05) is 29.0 Å². The van der Waals surface area contributed by atoms with Crippen LogP contribution in [0.25, 0.3) is 0 Å². The molecular weight excluding hydrogens is 391 g/mol. The van der Waals surface area contributed by atoms with E-state index in [1.165, 1.54) is 12.1 Å². The normalized spacial score (nSPS) is 10.9. The highest BCUT2D eigenvalue weighted by Gasteiger charge is 2.18. The van der Waals surface area contributed by atoms with E-state index in [-0.39, 0.29) is 11.7 Å². The van der Waals surface area contributed by atoms with Gasteiger partial charge in [0.05, 0.1) is 6.54 Å². The second kappa shape index (κ2) is 10.2. The molecule has 0 aliphatic rings. The average Bonchev–Trinajstić information content (AvgIpc) is 3.13. The first-order chi connectivity index (χ1) is 14.1. The molecule has 0 unspecified atom stereocenters. The van der Waals surface area contributed by atoms with Crippen molar-refractivity contribution in [3.05, 3.63) is 94.5 Å². The molecular formula is C23H24ClFN2O2. The predicted octanol–water partition coefficient (Wildman–Crippen LogP) is 5.01. The topological polar surface area (TPSA) is 34.5 Å². The Labute approximate surface area is 175 Å². The van der Waals surface area contributed by atoms with Crippen molar-refractivity contribution in [2.45, 2.75) is 19.5 Å². The Bertz CT molecular complexity index is 957. The monoisotopic (exact) mass is 414 g/mol. The molecule has 0 bridgehead atoms. The van der Waals surface area contributed by atoms with Crippen molar-refractivity contribution >= 4 is 17.5 Å². The first-order valence-electron chi connectivity index (χ1n) is 9.49. The van der Waals surface area contributed by atoms with Crippen molar-refractivity contribution in [1.82, 2.24) is 9.47 Å². The minimum atomic E-state index is -0.256. The van der Waals surface area contributed by atoms with E-state index in [4.69, 9.17) is 16.3 Å². The van der Waals surface area contributed by atoms with Gasteiger partial charge in [0.1, 0.15) is 5.82 Å². The number of methoxy groups -OCH3 is 1. The van der Waals surface area contributed by atoms with Crippen LogP contribution in [0.5, 0.6) is 0 Å². The van der Waals surface area contributed by atoms with E-state index >= 15 is 0 Å². The number of hydrogen-bond acceptors (Lipinski definition) is 2. The van der Waals surface area contributed by atoms with E-state index in [0.717, 1.165) is 17.7 Å². The zero-order chi connectivity index (χ0) is 20.6. The summed E-state index contributed by atoms with van der Waals surface area (Å²) in [6, 6.07) is 17.4. The number of aromatic nitrogens is 1. The summed E-state index contributed by atoms with van der Waals surface area (Å²) >= 11 is 6.07. The molecule has 0 saturated carbocycles. The molecule has 152 valence electrons. The van der Waals surface area contributed by atoms with Crippen LogP contribution in [-0.2, 0) is 17.8 Å². The number of benzene rings is 2. The van der Waals surface area contributed by atoms with Crippen molar-refractivity contribution in [2.75, 3.05) is 20.3 Å². The SMILES string of the molecule is COCCCN(Cc1cccn1Cc1cccc(F)c1)C(=O)c1cccc(Cl)c1. The molecule has 4 nitrogen and oxygen atoms in total. The minimum Gasteiger partial charge on any atom is -0.385 e. The van der Waals surface area contributed by atoms with Crippen LogP contribution in [-0.4, -0.2) is 35.6 Å². The molecule has 1 heterocycles. The molecule has 6 heteroatoms. The fraction of sp³-hybridized carbons (Fsp3) is 0.261. The lowest BCUT2D eigenvalue weighted by atomic mass is 10.2. The van der Waals surface area contributed by atoms with Gasteiger partial charge in [0.25, 0.3) is 5.91 Å². The summed E-state index contributed by atoms with van der Waals surface area (Å²) in [6.45, 7) is 2.11. The van der Waals surface area contributed by atoms with E-state index in [2.05, 4.69) is 0 Å². The molecule has 0 radical (unpaired) electrons. The van der Waals surface area contributed by atoms with Crippen LogP contribution >= 0.6 is 11.6 Å². The van der Waals surface area contributed by atoms with Crippen molar-refractivity contribution < 1.29 is 13.9 Å². The van der Waals surface area contributed by atoms with Gasteiger partial charge in [0.2, 0.25) is 0 Å². The predicted molar refractivity (Wildman–Crippen MR) is 113 cm³/mol. The van der Waals surface area contributed by atoms with Gasteiger partial charge in [0, 0.05) is 49.3 Å². The van der Waals surface area contributed by atoms with Gasteiger partial charge in [-0.1, -0.05) is 29.8 Å². The summed E-state index contributed by atoms with van der Waals surface area (Å²) in [6.07, 6.45) is 2.67. The average molecular weight is 415 g/mol. The van der Waals surface area contributed by atoms with Crippen LogP contribution in [0.2, 0.25) is 5.02 Å². The lowest BCUT2D eigenvalue weighted by Crippen LogP contribution is -2.33. The summed E-state index contributed by atoms with van der Waals surface area (Å²) in [5.41, 5.74) is 2.40. The fourth-order valence-corrected chi connectivity index (χ4v) is 3.42. The summed E-state index contributed by atoms with van der Waals surface area (Å²) in [7, 11) is 1.65. The highest BCUT2D eigenvalue weighted by Crippen LogP contribution is 2.17. The molecule has 0 atom stereocenters.